The molecule has 1 saturated heterocycles. The molecule has 1 rings (SSSR count). The molecular formula is C16H27NO6S. The Morgan fingerprint density at radius 1 is 1.21 bits per heavy atom. The van der Waals surface area contributed by atoms with Gasteiger partial charge in [0, 0.05) is 6.61 Å². The van der Waals surface area contributed by atoms with Gasteiger partial charge in [0.05, 0.1) is 10.8 Å². The van der Waals surface area contributed by atoms with Gasteiger partial charge < -0.3 is 20.3 Å². The molecule has 0 aromatic carbocycles. The van der Waals surface area contributed by atoms with E-state index in [1.54, 1.807) is 6.92 Å². The summed E-state index contributed by atoms with van der Waals surface area (Å²) in [5.74, 6) is -2.58. The van der Waals surface area contributed by atoms with E-state index < -0.39 is 33.4 Å². The first kappa shape index (κ1) is 20.8. The molecule has 0 bridgehead atoms. The number of carbonyl (C=O) groups is 3. The summed E-state index contributed by atoms with van der Waals surface area (Å²) >= 11 is 0.989. The predicted molar refractivity (Wildman–Crippen MR) is 90.9 cm³/mol. The number of aliphatic carboxylic acids is 2. The van der Waals surface area contributed by atoms with Gasteiger partial charge in [-0.1, -0.05) is 26.7 Å². The Hall–Kier alpha value is -1.28. The third kappa shape index (κ3) is 4.63. The van der Waals surface area contributed by atoms with Gasteiger partial charge in [0.1, 0.15) is 11.4 Å². The van der Waals surface area contributed by atoms with Crippen LogP contribution >= 0.6 is 11.8 Å². The molecule has 138 valence electrons. The molecule has 0 radical (unpaired) electrons. The molecule has 0 aliphatic carbocycles. The highest BCUT2D eigenvalue weighted by Crippen LogP contribution is 2.54. The maximum Gasteiger partial charge on any atom is 0.319 e. The minimum Gasteiger partial charge on any atom is -0.481 e. The third-order valence-corrected chi connectivity index (χ3v) is 6.10. The van der Waals surface area contributed by atoms with Crippen LogP contribution in [0.5, 0.6) is 0 Å². The van der Waals surface area contributed by atoms with Crippen LogP contribution in [-0.2, 0) is 19.1 Å². The van der Waals surface area contributed by atoms with Crippen molar-refractivity contribution in [2.45, 2.75) is 63.0 Å². The van der Waals surface area contributed by atoms with Crippen molar-refractivity contribution in [2.24, 2.45) is 5.41 Å². The molecule has 3 unspecified atom stereocenters. The maximum absolute atomic E-state index is 12.0. The van der Waals surface area contributed by atoms with Crippen molar-refractivity contribution in [1.82, 2.24) is 5.32 Å². The van der Waals surface area contributed by atoms with Crippen LogP contribution in [0.25, 0.3) is 0 Å². The van der Waals surface area contributed by atoms with E-state index >= 15 is 0 Å². The van der Waals surface area contributed by atoms with Gasteiger partial charge in [0.25, 0.3) is 0 Å². The van der Waals surface area contributed by atoms with Crippen LogP contribution < -0.4 is 5.32 Å². The van der Waals surface area contributed by atoms with E-state index in [9.17, 15) is 24.6 Å². The van der Waals surface area contributed by atoms with E-state index in [4.69, 9.17) is 4.74 Å². The lowest BCUT2D eigenvalue weighted by atomic mass is 9.77. The van der Waals surface area contributed by atoms with Gasteiger partial charge in [-0.05, 0) is 26.2 Å². The largest absolute Gasteiger partial charge is 0.481 e. The fourth-order valence-corrected chi connectivity index (χ4v) is 4.59. The van der Waals surface area contributed by atoms with E-state index in [2.05, 4.69) is 12.2 Å². The number of carboxylic acid groups (broad SMARTS) is 2. The Morgan fingerprint density at radius 3 is 2.38 bits per heavy atom. The topological polar surface area (TPSA) is 113 Å². The standard InChI is InChI=1S/C16H27NO6S/c1-4-6-7-8-23-9-11(18)17-12-16(5-2,14(21)22)10-15(3,24-12)13(19)20/h12H,4-10H2,1-3H3,(H,17,18)(H,19,20)(H,21,22). The van der Waals surface area contributed by atoms with Gasteiger partial charge in [0.2, 0.25) is 5.91 Å². The van der Waals surface area contributed by atoms with Gasteiger partial charge in [-0.3, -0.25) is 14.4 Å². The zero-order valence-corrected chi connectivity index (χ0v) is 15.3. The molecule has 0 spiro atoms. The first-order valence-electron chi connectivity index (χ1n) is 8.23. The molecule has 1 fully saturated rings. The van der Waals surface area contributed by atoms with Gasteiger partial charge in [-0.15, -0.1) is 11.8 Å². The molecule has 0 aromatic rings. The number of unbranched alkanes of at least 4 members (excludes halogenated alkanes) is 2. The van der Waals surface area contributed by atoms with Crippen LogP contribution in [0.2, 0.25) is 0 Å². The number of ether oxygens (including phenoxy) is 1. The first-order valence-corrected chi connectivity index (χ1v) is 9.11. The highest BCUT2D eigenvalue weighted by Gasteiger charge is 2.60. The third-order valence-electron chi connectivity index (χ3n) is 4.46. The maximum atomic E-state index is 12.0. The monoisotopic (exact) mass is 361 g/mol. The van der Waals surface area contributed by atoms with Crippen molar-refractivity contribution in [2.75, 3.05) is 13.2 Å². The molecule has 3 N–H and O–H groups in total. The van der Waals surface area contributed by atoms with Gasteiger partial charge in [-0.2, -0.15) is 0 Å². The lowest BCUT2D eigenvalue weighted by molar-refractivity contribution is -0.151. The number of nitrogens with one attached hydrogen (secondary N) is 1. The molecule has 24 heavy (non-hydrogen) atoms. The van der Waals surface area contributed by atoms with E-state index in [1.165, 1.54) is 6.92 Å². The average Bonchev–Trinajstić information content (AvgIpc) is 2.81. The minimum atomic E-state index is -1.30. The highest BCUT2D eigenvalue weighted by atomic mass is 32.2. The summed E-state index contributed by atoms with van der Waals surface area (Å²) in [6.45, 7) is 5.59. The van der Waals surface area contributed by atoms with Crippen molar-refractivity contribution in [3.8, 4) is 0 Å². The summed E-state index contributed by atoms with van der Waals surface area (Å²) in [6, 6.07) is 0. The Labute approximate surface area is 146 Å². The molecule has 8 heteroatoms. The van der Waals surface area contributed by atoms with Crippen LogP contribution in [0.1, 0.15) is 52.9 Å². The van der Waals surface area contributed by atoms with Crippen LogP contribution in [0, 0.1) is 5.41 Å². The van der Waals surface area contributed by atoms with Crippen LogP contribution in [0.4, 0.5) is 0 Å². The van der Waals surface area contributed by atoms with E-state index in [1.807, 2.05) is 0 Å². The predicted octanol–water partition coefficient (Wildman–Crippen LogP) is 2.10. The van der Waals surface area contributed by atoms with Crippen molar-refractivity contribution < 1.29 is 29.3 Å². The Morgan fingerprint density at radius 2 is 1.88 bits per heavy atom. The van der Waals surface area contributed by atoms with Crippen molar-refractivity contribution in [3.63, 3.8) is 0 Å². The lowest BCUT2D eigenvalue weighted by Crippen LogP contribution is -2.48. The number of rotatable bonds is 10. The summed E-state index contributed by atoms with van der Waals surface area (Å²) in [4.78, 5) is 35.4. The summed E-state index contributed by atoms with van der Waals surface area (Å²) in [5, 5.41) is 20.9. The molecule has 3 atom stereocenters. The van der Waals surface area contributed by atoms with Gasteiger partial charge in [-0.25, -0.2) is 0 Å². The molecule has 0 aromatic heterocycles. The van der Waals surface area contributed by atoms with Crippen LogP contribution in [-0.4, -0.2) is 51.4 Å². The quantitative estimate of drug-likeness (QED) is 0.511. The van der Waals surface area contributed by atoms with E-state index in [-0.39, 0.29) is 19.4 Å². The molecule has 1 amide bonds. The number of carbonyl (C=O) groups excluding carboxylic acids is 1. The summed E-state index contributed by atoms with van der Waals surface area (Å²) in [5.41, 5.74) is -1.30. The zero-order chi connectivity index (χ0) is 18.4. The van der Waals surface area contributed by atoms with Crippen LogP contribution in [0.15, 0.2) is 0 Å². The first-order chi connectivity index (χ1) is 11.2. The van der Waals surface area contributed by atoms with Crippen LogP contribution in [0.3, 0.4) is 0 Å². The van der Waals surface area contributed by atoms with Crippen molar-refractivity contribution >= 4 is 29.6 Å². The molecule has 1 heterocycles. The molecular weight excluding hydrogens is 334 g/mol. The molecule has 0 saturated carbocycles. The Balaban J connectivity index is 2.73. The van der Waals surface area contributed by atoms with Crippen molar-refractivity contribution in [1.29, 1.82) is 0 Å². The number of hydrogen-bond acceptors (Lipinski definition) is 5. The van der Waals surface area contributed by atoms with E-state index in [0.29, 0.717) is 6.61 Å². The average molecular weight is 361 g/mol. The second-order valence-electron chi connectivity index (χ2n) is 6.35. The SMILES string of the molecule is CCCCCOCC(=O)NC1SC(C)(C(=O)O)CC1(CC)C(=O)O. The summed E-state index contributed by atoms with van der Waals surface area (Å²) in [6.07, 6.45) is 3.15. The second-order valence-corrected chi connectivity index (χ2v) is 7.96. The Kier molecular flexibility index (Phi) is 7.54. The lowest BCUT2D eigenvalue weighted by Gasteiger charge is -2.29. The minimum absolute atomic E-state index is 0.0336. The second kappa shape index (κ2) is 8.71. The number of amides is 1. The number of thioether (sulfide) groups is 1. The highest BCUT2D eigenvalue weighted by molar-refractivity contribution is 8.02. The number of carboxylic acids is 2. The number of hydrogen-bond donors (Lipinski definition) is 3. The fourth-order valence-electron chi connectivity index (χ4n) is 2.86. The summed E-state index contributed by atoms with van der Waals surface area (Å²) in [7, 11) is 0. The molecule has 7 nitrogen and oxygen atoms in total. The Bertz CT molecular complexity index is 485. The normalized spacial score (nSPS) is 29.4. The fraction of sp³-hybridized carbons (Fsp3) is 0.812. The van der Waals surface area contributed by atoms with Gasteiger partial charge in [0.15, 0.2) is 0 Å². The molecule has 1 aliphatic heterocycles. The van der Waals surface area contributed by atoms with Crippen molar-refractivity contribution in [3.05, 3.63) is 0 Å². The van der Waals surface area contributed by atoms with Gasteiger partial charge >= 0.3 is 11.9 Å². The smallest absolute Gasteiger partial charge is 0.319 e. The van der Waals surface area contributed by atoms with E-state index in [0.717, 1.165) is 31.0 Å². The molecule has 1 aliphatic rings. The summed E-state index contributed by atoms with van der Waals surface area (Å²) < 4.78 is 4.04. The zero-order valence-electron chi connectivity index (χ0n) is 14.5.